The molecule has 0 saturated carbocycles. The maximum atomic E-state index is 12.1. The summed E-state index contributed by atoms with van der Waals surface area (Å²) in [6.45, 7) is 7.86. The third-order valence-corrected chi connectivity index (χ3v) is 4.41. The molecule has 0 saturated heterocycles. The summed E-state index contributed by atoms with van der Waals surface area (Å²) in [6, 6.07) is 3.21. The molecular weight excluding hydrogens is 240 g/mol. The lowest BCUT2D eigenvalue weighted by molar-refractivity contribution is 0.374. The zero-order valence-corrected chi connectivity index (χ0v) is 11.4. The summed E-state index contributed by atoms with van der Waals surface area (Å²) in [5.41, 5.74) is 0. The van der Waals surface area contributed by atoms with Gasteiger partial charge in [0.05, 0.1) is 6.54 Å². The van der Waals surface area contributed by atoms with Crippen molar-refractivity contribution in [3.05, 3.63) is 17.9 Å². The van der Waals surface area contributed by atoms with E-state index in [1.165, 1.54) is 10.4 Å². The van der Waals surface area contributed by atoms with Gasteiger partial charge in [0.2, 0.25) is 5.09 Å². The van der Waals surface area contributed by atoms with Crippen molar-refractivity contribution in [1.82, 2.24) is 9.62 Å². The number of furan rings is 1. The van der Waals surface area contributed by atoms with Crippen LogP contribution in [0.1, 0.15) is 26.5 Å². The van der Waals surface area contributed by atoms with Gasteiger partial charge in [-0.1, -0.05) is 20.8 Å². The van der Waals surface area contributed by atoms with Gasteiger partial charge in [-0.15, -0.1) is 0 Å². The minimum absolute atomic E-state index is 0.0223. The fourth-order valence-corrected chi connectivity index (χ4v) is 2.92. The van der Waals surface area contributed by atoms with E-state index >= 15 is 0 Å². The minimum atomic E-state index is -3.47. The summed E-state index contributed by atoms with van der Waals surface area (Å²) in [6.07, 6.45) is 0. The lowest BCUT2D eigenvalue weighted by Crippen LogP contribution is -2.30. The van der Waals surface area contributed by atoms with E-state index in [0.29, 0.717) is 25.4 Å². The average Bonchev–Trinajstić information content (AvgIpc) is 2.77. The second-order valence-electron chi connectivity index (χ2n) is 3.59. The lowest BCUT2D eigenvalue weighted by atomic mass is 10.4. The van der Waals surface area contributed by atoms with Gasteiger partial charge >= 0.3 is 0 Å². The first kappa shape index (κ1) is 14.2. The van der Waals surface area contributed by atoms with Gasteiger partial charge in [0.25, 0.3) is 10.0 Å². The van der Waals surface area contributed by atoms with Gasteiger partial charge in [-0.25, -0.2) is 8.42 Å². The van der Waals surface area contributed by atoms with Crippen LogP contribution in [0.25, 0.3) is 0 Å². The molecule has 0 amide bonds. The SMILES string of the molecule is CCNCc1ccc(S(=O)(=O)N(CC)CC)o1. The van der Waals surface area contributed by atoms with E-state index in [2.05, 4.69) is 5.32 Å². The molecule has 0 radical (unpaired) electrons. The zero-order valence-electron chi connectivity index (χ0n) is 10.6. The number of nitrogens with zero attached hydrogens (tertiary/aromatic N) is 1. The van der Waals surface area contributed by atoms with Crippen LogP contribution in [0, 0.1) is 0 Å². The molecule has 0 fully saturated rings. The average molecular weight is 260 g/mol. The second kappa shape index (κ2) is 6.18. The highest BCUT2D eigenvalue weighted by Crippen LogP contribution is 2.18. The van der Waals surface area contributed by atoms with Crippen LogP contribution in [0.2, 0.25) is 0 Å². The Balaban J connectivity index is 2.88. The van der Waals surface area contributed by atoms with E-state index in [4.69, 9.17) is 4.42 Å². The van der Waals surface area contributed by atoms with Gasteiger partial charge in [0, 0.05) is 13.1 Å². The zero-order chi connectivity index (χ0) is 12.9. The molecule has 0 spiro atoms. The Bertz CT molecular complexity index is 435. The Morgan fingerprint density at radius 3 is 2.41 bits per heavy atom. The summed E-state index contributed by atoms with van der Waals surface area (Å²) >= 11 is 0. The van der Waals surface area contributed by atoms with Crippen molar-refractivity contribution in [3.8, 4) is 0 Å². The van der Waals surface area contributed by atoms with Crippen LogP contribution in [-0.2, 0) is 16.6 Å². The van der Waals surface area contributed by atoms with Crippen molar-refractivity contribution < 1.29 is 12.8 Å². The van der Waals surface area contributed by atoms with Gasteiger partial charge in [0.15, 0.2) is 0 Å². The molecule has 6 heteroatoms. The van der Waals surface area contributed by atoms with Crippen LogP contribution in [0.5, 0.6) is 0 Å². The van der Waals surface area contributed by atoms with Crippen LogP contribution in [0.15, 0.2) is 21.6 Å². The molecule has 0 unspecified atom stereocenters. The molecule has 1 aromatic rings. The molecule has 0 bridgehead atoms. The normalized spacial score (nSPS) is 12.2. The van der Waals surface area contributed by atoms with Gasteiger partial charge in [-0.05, 0) is 18.7 Å². The third kappa shape index (κ3) is 3.31. The van der Waals surface area contributed by atoms with E-state index < -0.39 is 10.0 Å². The standard InChI is InChI=1S/C11H20N2O3S/c1-4-12-9-10-7-8-11(16-10)17(14,15)13(5-2)6-3/h7-8,12H,4-6,9H2,1-3H3. The molecule has 0 aliphatic heterocycles. The summed E-state index contributed by atoms with van der Waals surface area (Å²) < 4.78 is 30.9. The highest BCUT2D eigenvalue weighted by molar-refractivity contribution is 7.89. The molecule has 0 atom stereocenters. The summed E-state index contributed by atoms with van der Waals surface area (Å²) in [5, 5.41) is 3.11. The second-order valence-corrected chi connectivity index (χ2v) is 5.46. The van der Waals surface area contributed by atoms with Crippen molar-refractivity contribution in [2.75, 3.05) is 19.6 Å². The maximum absolute atomic E-state index is 12.1. The summed E-state index contributed by atoms with van der Waals surface area (Å²) in [4.78, 5) is 0. The van der Waals surface area contributed by atoms with Crippen molar-refractivity contribution in [2.24, 2.45) is 0 Å². The molecule has 1 N–H and O–H groups in total. The van der Waals surface area contributed by atoms with Gasteiger partial charge in [-0.3, -0.25) is 0 Å². The van der Waals surface area contributed by atoms with Gasteiger partial charge in [0.1, 0.15) is 5.76 Å². The fourth-order valence-electron chi connectivity index (χ4n) is 1.53. The van der Waals surface area contributed by atoms with Gasteiger partial charge in [-0.2, -0.15) is 4.31 Å². The Labute approximate surface area is 103 Å². The molecule has 1 rings (SSSR count). The van der Waals surface area contributed by atoms with Gasteiger partial charge < -0.3 is 9.73 Å². The monoisotopic (exact) mass is 260 g/mol. The lowest BCUT2D eigenvalue weighted by Gasteiger charge is -2.16. The van der Waals surface area contributed by atoms with Crippen LogP contribution >= 0.6 is 0 Å². The number of hydrogen-bond donors (Lipinski definition) is 1. The summed E-state index contributed by atoms with van der Waals surface area (Å²) in [7, 11) is -3.47. The Kier molecular flexibility index (Phi) is 5.17. The molecule has 1 aromatic heterocycles. The van der Waals surface area contributed by atoms with Crippen LogP contribution in [0.3, 0.4) is 0 Å². The predicted octanol–water partition coefficient (Wildman–Crippen LogP) is 1.42. The number of hydrogen-bond acceptors (Lipinski definition) is 4. The van der Waals surface area contributed by atoms with Crippen molar-refractivity contribution in [1.29, 1.82) is 0 Å². The molecule has 0 aliphatic carbocycles. The van der Waals surface area contributed by atoms with Crippen molar-refractivity contribution in [3.63, 3.8) is 0 Å². The largest absolute Gasteiger partial charge is 0.447 e. The Hall–Kier alpha value is -0.850. The van der Waals surface area contributed by atoms with E-state index in [1.54, 1.807) is 6.07 Å². The summed E-state index contributed by atoms with van der Waals surface area (Å²) in [5.74, 6) is 0.637. The Morgan fingerprint density at radius 1 is 1.24 bits per heavy atom. The number of sulfonamides is 1. The quantitative estimate of drug-likeness (QED) is 0.805. The fraction of sp³-hybridized carbons (Fsp3) is 0.636. The predicted molar refractivity (Wildman–Crippen MR) is 66.2 cm³/mol. The van der Waals surface area contributed by atoms with Crippen LogP contribution in [-0.4, -0.2) is 32.4 Å². The van der Waals surface area contributed by atoms with Crippen molar-refractivity contribution >= 4 is 10.0 Å². The first-order valence-corrected chi connectivity index (χ1v) is 7.29. The van der Waals surface area contributed by atoms with E-state index in [0.717, 1.165) is 6.54 Å². The number of rotatable bonds is 7. The third-order valence-electron chi connectivity index (χ3n) is 2.49. The van der Waals surface area contributed by atoms with E-state index in [9.17, 15) is 8.42 Å². The molecule has 0 aliphatic rings. The van der Waals surface area contributed by atoms with Crippen LogP contribution in [0.4, 0.5) is 0 Å². The molecule has 98 valence electrons. The van der Waals surface area contributed by atoms with Crippen molar-refractivity contribution in [2.45, 2.75) is 32.4 Å². The Morgan fingerprint density at radius 2 is 1.88 bits per heavy atom. The maximum Gasteiger partial charge on any atom is 0.276 e. The highest BCUT2D eigenvalue weighted by Gasteiger charge is 2.24. The highest BCUT2D eigenvalue weighted by atomic mass is 32.2. The molecule has 1 heterocycles. The number of nitrogens with one attached hydrogen (secondary N) is 1. The van der Waals surface area contributed by atoms with E-state index in [-0.39, 0.29) is 5.09 Å². The van der Waals surface area contributed by atoms with E-state index in [1.807, 2.05) is 20.8 Å². The first-order valence-electron chi connectivity index (χ1n) is 5.85. The molecule has 0 aromatic carbocycles. The smallest absolute Gasteiger partial charge is 0.276 e. The van der Waals surface area contributed by atoms with Crippen LogP contribution < -0.4 is 5.32 Å². The molecule has 5 nitrogen and oxygen atoms in total. The first-order chi connectivity index (χ1) is 8.06. The minimum Gasteiger partial charge on any atom is -0.447 e. The molecular formula is C11H20N2O3S. The topological polar surface area (TPSA) is 62.6 Å². The molecule has 17 heavy (non-hydrogen) atoms.